The molecule has 1 heterocycles. The smallest absolute Gasteiger partial charge is 0.407 e. The molecule has 0 unspecified atom stereocenters. The van der Waals surface area contributed by atoms with Crippen LogP contribution in [-0.4, -0.2) is 4.57 Å². The summed E-state index contributed by atoms with van der Waals surface area (Å²) in [5.74, 6) is 0.360. The first-order valence-corrected chi connectivity index (χ1v) is 7.65. The van der Waals surface area contributed by atoms with Gasteiger partial charge in [-0.15, -0.1) is 0 Å². The third-order valence-corrected chi connectivity index (χ3v) is 3.71. The fraction of sp³-hybridized carbons (Fsp3) is 0.211. The summed E-state index contributed by atoms with van der Waals surface area (Å²) in [7, 11) is 0. The highest BCUT2D eigenvalue weighted by atomic mass is 16.4. The number of oxazole rings is 1. The molecule has 3 aromatic rings. The van der Waals surface area contributed by atoms with E-state index in [4.69, 9.17) is 4.42 Å². The monoisotopic (exact) mass is 293 g/mol. The summed E-state index contributed by atoms with van der Waals surface area (Å²) in [4.78, 5) is 12.3. The van der Waals surface area contributed by atoms with Crippen LogP contribution in [0.2, 0.25) is 0 Å². The molecule has 2 aromatic carbocycles. The lowest BCUT2D eigenvalue weighted by molar-refractivity contribution is 0.479. The van der Waals surface area contributed by atoms with Crippen LogP contribution in [-0.2, 0) is 6.54 Å². The van der Waals surface area contributed by atoms with Crippen LogP contribution >= 0.6 is 0 Å². The average Bonchev–Trinajstić information content (AvgIpc) is 2.91. The van der Waals surface area contributed by atoms with Crippen molar-refractivity contribution in [1.82, 2.24) is 4.57 Å². The minimum Gasteiger partial charge on any atom is -0.407 e. The molecule has 0 N–H and O–H groups in total. The number of hydrogen-bond donors (Lipinski definition) is 0. The molecule has 0 saturated heterocycles. The topological polar surface area (TPSA) is 35.1 Å². The zero-order valence-corrected chi connectivity index (χ0v) is 12.7. The van der Waals surface area contributed by atoms with Crippen LogP contribution in [0.3, 0.4) is 0 Å². The molecule has 1 aromatic heterocycles. The molecule has 0 aliphatic carbocycles. The summed E-state index contributed by atoms with van der Waals surface area (Å²) in [5.41, 5.74) is 2.79. The molecule has 0 atom stereocenters. The Morgan fingerprint density at radius 3 is 2.09 bits per heavy atom. The summed E-state index contributed by atoms with van der Waals surface area (Å²) in [6.45, 7) is 2.79. The van der Waals surface area contributed by atoms with Crippen LogP contribution in [0.15, 0.2) is 69.9 Å². The minimum absolute atomic E-state index is 0.286. The van der Waals surface area contributed by atoms with Gasteiger partial charge >= 0.3 is 5.76 Å². The first-order valence-electron chi connectivity index (χ1n) is 7.65. The van der Waals surface area contributed by atoms with Crippen molar-refractivity contribution in [1.29, 1.82) is 0 Å². The van der Waals surface area contributed by atoms with Crippen LogP contribution in [0, 0.1) is 0 Å². The van der Waals surface area contributed by atoms with Crippen LogP contribution < -0.4 is 5.76 Å². The Morgan fingerprint density at radius 2 is 1.50 bits per heavy atom. The average molecular weight is 293 g/mol. The van der Waals surface area contributed by atoms with Gasteiger partial charge in [0.1, 0.15) is 0 Å². The van der Waals surface area contributed by atoms with E-state index in [1.54, 1.807) is 4.57 Å². The van der Waals surface area contributed by atoms with Crippen molar-refractivity contribution in [3.63, 3.8) is 0 Å². The lowest BCUT2D eigenvalue weighted by atomic mass is 10.1. The molecule has 3 nitrogen and oxygen atoms in total. The Hall–Kier alpha value is -2.55. The van der Waals surface area contributed by atoms with E-state index in [2.05, 4.69) is 6.92 Å². The number of rotatable bonds is 5. The van der Waals surface area contributed by atoms with E-state index in [0.717, 1.165) is 29.7 Å². The molecule has 0 bridgehead atoms. The third-order valence-electron chi connectivity index (χ3n) is 3.71. The second-order valence-electron chi connectivity index (χ2n) is 5.28. The largest absolute Gasteiger partial charge is 0.419 e. The number of benzene rings is 2. The Bertz CT molecular complexity index is 785. The van der Waals surface area contributed by atoms with E-state index in [1.807, 2.05) is 60.7 Å². The lowest BCUT2D eigenvalue weighted by Gasteiger charge is -2.08. The zero-order valence-electron chi connectivity index (χ0n) is 12.7. The minimum atomic E-state index is -0.286. The van der Waals surface area contributed by atoms with Crippen molar-refractivity contribution < 1.29 is 4.42 Å². The van der Waals surface area contributed by atoms with Gasteiger partial charge in [0, 0.05) is 17.7 Å². The van der Waals surface area contributed by atoms with E-state index in [9.17, 15) is 4.79 Å². The van der Waals surface area contributed by atoms with Crippen molar-refractivity contribution in [3.8, 4) is 22.6 Å². The molecule has 0 aliphatic heterocycles. The Morgan fingerprint density at radius 1 is 0.909 bits per heavy atom. The molecule has 0 fully saturated rings. The van der Waals surface area contributed by atoms with Crippen molar-refractivity contribution in [2.75, 3.05) is 0 Å². The maximum atomic E-state index is 12.3. The molecular formula is C19H19NO2. The molecule has 3 heteroatoms. The summed E-state index contributed by atoms with van der Waals surface area (Å²) < 4.78 is 7.34. The third kappa shape index (κ3) is 2.75. The van der Waals surface area contributed by atoms with E-state index in [-0.39, 0.29) is 5.76 Å². The van der Waals surface area contributed by atoms with E-state index in [1.165, 1.54) is 0 Å². The predicted octanol–water partition coefficient (Wildman–Crippen LogP) is 4.58. The van der Waals surface area contributed by atoms with Gasteiger partial charge in [-0.3, -0.25) is 4.57 Å². The van der Waals surface area contributed by atoms with Gasteiger partial charge in [-0.25, -0.2) is 4.79 Å². The van der Waals surface area contributed by atoms with Gasteiger partial charge in [0.2, 0.25) is 0 Å². The summed E-state index contributed by atoms with van der Waals surface area (Å²) in [6.07, 6.45) is 1.99. The zero-order chi connectivity index (χ0) is 15.4. The number of aromatic nitrogens is 1. The molecule has 0 spiro atoms. The summed E-state index contributed by atoms with van der Waals surface area (Å²) in [5, 5.41) is 0. The second-order valence-corrected chi connectivity index (χ2v) is 5.28. The molecule has 0 aliphatic rings. The molecule has 112 valence electrons. The van der Waals surface area contributed by atoms with E-state index in [0.29, 0.717) is 12.3 Å². The van der Waals surface area contributed by atoms with Gasteiger partial charge in [0.15, 0.2) is 5.76 Å². The van der Waals surface area contributed by atoms with E-state index < -0.39 is 0 Å². The number of unbranched alkanes of at least 4 members (excludes halogenated alkanes) is 1. The molecule has 0 saturated carbocycles. The SMILES string of the molecule is CCCCn1c(-c2ccccc2)c(-c2ccccc2)oc1=O. The van der Waals surface area contributed by atoms with Gasteiger partial charge in [-0.2, -0.15) is 0 Å². The van der Waals surface area contributed by atoms with Gasteiger partial charge in [-0.05, 0) is 6.42 Å². The second kappa shape index (κ2) is 6.48. The Balaban J connectivity index is 2.20. The van der Waals surface area contributed by atoms with Gasteiger partial charge in [0.05, 0.1) is 5.69 Å². The normalized spacial score (nSPS) is 10.8. The summed E-state index contributed by atoms with van der Waals surface area (Å²) in [6, 6.07) is 19.7. The maximum Gasteiger partial charge on any atom is 0.419 e. The predicted molar refractivity (Wildman–Crippen MR) is 88.7 cm³/mol. The standard InChI is InChI=1S/C19H19NO2/c1-2-3-14-20-17(15-10-6-4-7-11-15)18(22-19(20)21)16-12-8-5-9-13-16/h4-13H,2-3,14H2,1H3. The summed E-state index contributed by atoms with van der Waals surface area (Å²) >= 11 is 0. The highest BCUT2D eigenvalue weighted by Crippen LogP contribution is 2.31. The number of nitrogens with zero attached hydrogens (tertiary/aromatic N) is 1. The molecular weight excluding hydrogens is 274 g/mol. The highest BCUT2D eigenvalue weighted by molar-refractivity contribution is 5.77. The first kappa shape index (κ1) is 14.4. The fourth-order valence-corrected chi connectivity index (χ4v) is 2.59. The van der Waals surface area contributed by atoms with Gasteiger partial charge in [-0.1, -0.05) is 74.0 Å². The van der Waals surface area contributed by atoms with Crippen LogP contribution in [0.1, 0.15) is 19.8 Å². The molecule has 0 amide bonds. The maximum absolute atomic E-state index is 12.3. The van der Waals surface area contributed by atoms with Crippen molar-refractivity contribution in [2.45, 2.75) is 26.3 Å². The van der Waals surface area contributed by atoms with Gasteiger partial charge < -0.3 is 4.42 Å². The first-order chi connectivity index (χ1) is 10.8. The number of hydrogen-bond acceptors (Lipinski definition) is 2. The fourth-order valence-electron chi connectivity index (χ4n) is 2.59. The van der Waals surface area contributed by atoms with E-state index >= 15 is 0 Å². The highest BCUT2D eigenvalue weighted by Gasteiger charge is 2.19. The lowest BCUT2D eigenvalue weighted by Crippen LogP contribution is -2.15. The van der Waals surface area contributed by atoms with Crippen LogP contribution in [0.5, 0.6) is 0 Å². The quantitative estimate of drug-likeness (QED) is 0.690. The van der Waals surface area contributed by atoms with Crippen molar-refractivity contribution in [3.05, 3.63) is 71.2 Å². The Labute approximate surface area is 129 Å². The van der Waals surface area contributed by atoms with Crippen molar-refractivity contribution in [2.24, 2.45) is 0 Å². The van der Waals surface area contributed by atoms with Crippen LogP contribution in [0.25, 0.3) is 22.6 Å². The molecule has 22 heavy (non-hydrogen) atoms. The Kier molecular flexibility index (Phi) is 4.24. The molecule has 0 radical (unpaired) electrons. The molecule has 3 rings (SSSR count). The van der Waals surface area contributed by atoms with Crippen LogP contribution in [0.4, 0.5) is 0 Å². The van der Waals surface area contributed by atoms with Gasteiger partial charge in [0.25, 0.3) is 0 Å². The van der Waals surface area contributed by atoms with Crippen molar-refractivity contribution >= 4 is 0 Å².